The zero-order valence-electron chi connectivity index (χ0n) is 8.15. The molecule has 1 aromatic heterocycles. The van der Waals surface area contributed by atoms with Gasteiger partial charge >= 0.3 is 0 Å². The van der Waals surface area contributed by atoms with Gasteiger partial charge in [0.05, 0.1) is 6.26 Å². The van der Waals surface area contributed by atoms with Gasteiger partial charge in [0.25, 0.3) is 5.91 Å². The van der Waals surface area contributed by atoms with Crippen LogP contribution in [-0.4, -0.2) is 28.2 Å². The van der Waals surface area contributed by atoms with E-state index in [1.165, 1.54) is 6.26 Å². The van der Waals surface area contributed by atoms with E-state index >= 15 is 0 Å². The minimum Gasteiger partial charge on any atom is -0.459 e. The Labute approximate surface area is 85.1 Å². The Balaban J connectivity index is 2.45. The molecule has 0 radical (unpaired) electrons. The summed E-state index contributed by atoms with van der Waals surface area (Å²) in [7, 11) is -0.904. The maximum absolute atomic E-state index is 11.4. The van der Waals surface area contributed by atoms with Crippen LogP contribution in [0.5, 0.6) is 0 Å². The summed E-state index contributed by atoms with van der Waals surface area (Å²) in [6, 6.07) is 3.13. The SMILES string of the molecule is CC(CS(C)=O)NC(=O)c1ccco1. The number of hydrogen-bond acceptors (Lipinski definition) is 3. The molecule has 4 nitrogen and oxygen atoms in total. The van der Waals surface area contributed by atoms with Crippen molar-refractivity contribution in [1.82, 2.24) is 5.32 Å². The second-order valence-corrected chi connectivity index (χ2v) is 4.57. The fraction of sp³-hybridized carbons (Fsp3) is 0.444. The van der Waals surface area contributed by atoms with Crippen molar-refractivity contribution in [3.05, 3.63) is 24.2 Å². The van der Waals surface area contributed by atoms with Crippen LogP contribution in [0.2, 0.25) is 0 Å². The Kier molecular flexibility index (Phi) is 3.88. The molecule has 1 rings (SSSR count). The third-order valence-electron chi connectivity index (χ3n) is 1.61. The standard InChI is InChI=1S/C9H13NO3S/c1-7(6-14(2)12)10-9(11)8-4-3-5-13-8/h3-5,7H,6H2,1-2H3,(H,10,11). The van der Waals surface area contributed by atoms with Gasteiger partial charge in [-0.05, 0) is 19.1 Å². The maximum atomic E-state index is 11.4. The maximum Gasteiger partial charge on any atom is 0.287 e. The number of nitrogens with one attached hydrogen (secondary N) is 1. The molecule has 14 heavy (non-hydrogen) atoms. The van der Waals surface area contributed by atoms with Crippen molar-refractivity contribution in [2.75, 3.05) is 12.0 Å². The van der Waals surface area contributed by atoms with E-state index in [1.807, 2.05) is 6.92 Å². The summed E-state index contributed by atoms with van der Waals surface area (Å²) in [4.78, 5) is 11.4. The first-order valence-corrected chi connectivity index (χ1v) is 5.96. The molecule has 1 amide bonds. The third kappa shape index (κ3) is 3.33. The molecule has 5 heteroatoms. The molecule has 1 aromatic rings. The second-order valence-electron chi connectivity index (χ2n) is 3.09. The van der Waals surface area contributed by atoms with E-state index in [4.69, 9.17) is 4.42 Å². The molecule has 0 fully saturated rings. The number of carbonyl (C=O) groups excluding carboxylic acids is 1. The van der Waals surface area contributed by atoms with Gasteiger partial charge < -0.3 is 9.73 Å². The summed E-state index contributed by atoms with van der Waals surface area (Å²) in [6.45, 7) is 1.81. The summed E-state index contributed by atoms with van der Waals surface area (Å²) in [5, 5.41) is 2.69. The van der Waals surface area contributed by atoms with Gasteiger partial charge in [-0.15, -0.1) is 0 Å². The van der Waals surface area contributed by atoms with Crippen LogP contribution in [0.3, 0.4) is 0 Å². The average molecular weight is 215 g/mol. The fourth-order valence-corrected chi connectivity index (χ4v) is 1.88. The van der Waals surface area contributed by atoms with Crippen molar-refractivity contribution in [3.63, 3.8) is 0 Å². The van der Waals surface area contributed by atoms with Crippen LogP contribution >= 0.6 is 0 Å². The van der Waals surface area contributed by atoms with Gasteiger partial charge in [-0.1, -0.05) is 0 Å². The van der Waals surface area contributed by atoms with Gasteiger partial charge in [0, 0.05) is 28.9 Å². The molecule has 0 bridgehead atoms. The van der Waals surface area contributed by atoms with Crippen molar-refractivity contribution >= 4 is 16.7 Å². The topological polar surface area (TPSA) is 59.3 Å². The molecular weight excluding hydrogens is 202 g/mol. The normalized spacial score (nSPS) is 14.7. The zero-order chi connectivity index (χ0) is 10.6. The van der Waals surface area contributed by atoms with E-state index in [1.54, 1.807) is 18.4 Å². The highest BCUT2D eigenvalue weighted by Crippen LogP contribution is 2.00. The largest absolute Gasteiger partial charge is 0.459 e. The van der Waals surface area contributed by atoms with Crippen molar-refractivity contribution < 1.29 is 13.4 Å². The highest BCUT2D eigenvalue weighted by atomic mass is 32.2. The minimum absolute atomic E-state index is 0.113. The lowest BCUT2D eigenvalue weighted by atomic mass is 10.3. The number of furan rings is 1. The molecular formula is C9H13NO3S. The summed E-state index contributed by atoms with van der Waals surface area (Å²) >= 11 is 0. The van der Waals surface area contributed by atoms with Crippen LogP contribution in [0.4, 0.5) is 0 Å². The molecule has 1 N–H and O–H groups in total. The molecule has 0 aliphatic carbocycles. The third-order valence-corrected chi connectivity index (χ3v) is 2.58. The van der Waals surface area contributed by atoms with E-state index < -0.39 is 10.8 Å². The fourth-order valence-electron chi connectivity index (χ4n) is 1.10. The number of carbonyl (C=O) groups is 1. The summed E-state index contributed by atoms with van der Waals surface area (Å²) in [5.41, 5.74) is 0. The van der Waals surface area contributed by atoms with E-state index in [0.717, 1.165) is 0 Å². The molecule has 1 heterocycles. The van der Waals surface area contributed by atoms with Crippen LogP contribution in [0.15, 0.2) is 22.8 Å². The van der Waals surface area contributed by atoms with Crippen LogP contribution < -0.4 is 5.32 Å². The van der Waals surface area contributed by atoms with Crippen molar-refractivity contribution in [2.45, 2.75) is 13.0 Å². The van der Waals surface area contributed by atoms with Gasteiger partial charge in [0.15, 0.2) is 5.76 Å². The molecule has 2 unspecified atom stereocenters. The Hall–Kier alpha value is -1.10. The molecule has 78 valence electrons. The van der Waals surface area contributed by atoms with Crippen molar-refractivity contribution in [3.8, 4) is 0 Å². The molecule has 0 aromatic carbocycles. The van der Waals surface area contributed by atoms with E-state index in [9.17, 15) is 9.00 Å². The van der Waals surface area contributed by atoms with Gasteiger partial charge in [-0.3, -0.25) is 9.00 Å². The number of rotatable bonds is 4. The number of amides is 1. The predicted molar refractivity (Wildman–Crippen MR) is 54.6 cm³/mol. The Bertz CT molecular complexity index is 321. The van der Waals surface area contributed by atoms with Crippen LogP contribution in [0, 0.1) is 0 Å². The zero-order valence-corrected chi connectivity index (χ0v) is 8.97. The van der Waals surface area contributed by atoms with E-state index in [-0.39, 0.29) is 17.7 Å². The summed E-state index contributed by atoms with van der Waals surface area (Å²) in [6.07, 6.45) is 3.05. The lowest BCUT2D eigenvalue weighted by molar-refractivity contribution is 0.0916. The Morgan fingerprint density at radius 3 is 2.93 bits per heavy atom. The monoisotopic (exact) mass is 215 g/mol. The lowest BCUT2D eigenvalue weighted by Crippen LogP contribution is -2.35. The molecule has 0 saturated carbocycles. The lowest BCUT2D eigenvalue weighted by Gasteiger charge is -2.10. The van der Waals surface area contributed by atoms with Crippen LogP contribution in [0.1, 0.15) is 17.5 Å². The van der Waals surface area contributed by atoms with Gasteiger partial charge in [-0.2, -0.15) is 0 Å². The van der Waals surface area contributed by atoms with Crippen LogP contribution in [-0.2, 0) is 10.8 Å². The van der Waals surface area contributed by atoms with E-state index in [0.29, 0.717) is 5.75 Å². The predicted octanol–water partition coefficient (Wildman–Crippen LogP) is 0.776. The van der Waals surface area contributed by atoms with E-state index in [2.05, 4.69) is 5.32 Å². The van der Waals surface area contributed by atoms with Crippen molar-refractivity contribution in [1.29, 1.82) is 0 Å². The quantitative estimate of drug-likeness (QED) is 0.807. The highest BCUT2D eigenvalue weighted by Gasteiger charge is 2.12. The highest BCUT2D eigenvalue weighted by molar-refractivity contribution is 7.84. The molecule has 2 atom stereocenters. The Morgan fingerprint density at radius 1 is 1.71 bits per heavy atom. The van der Waals surface area contributed by atoms with Crippen LogP contribution in [0.25, 0.3) is 0 Å². The molecule has 0 spiro atoms. The van der Waals surface area contributed by atoms with Crippen molar-refractivity contribution in [2.24, 2.45) is 0 Å². The average Bonchev–Trinajstić information content (AvgIpc) is 2.53. The molecule has 0 aliphatic heterocycles. The van der Waals surface area contributed by atoms with Gasteiger partial charge in [0.2, 0.25) is 0 Å². The molecule has 0 aliphatic rings. The first kappa shape index (κ1) is 11.0. The molecule has 0 saturated heterocycles. The second kappa shape index (κ2) is 4.95. The minimum atomic E-state index is -0.904. The Morgan fingerprint density at radius 2 is 2.43 bits per heavy atom. The first-order chi connectivity index (χ1) is 6.59. The summed E-state index contributed by atoms with van der Waals surface area (Å²) < 4.78 is 15.8. The van der Waals surface area contributed by atoms with Gasteiger partial charge in [-0.25, -0.2) is 0 Å². The first-order valence-electron chi connectivity index (χ1n) is 4.24. The smallest absolute Gasteiger partial charge is 0.287 e. The van der Waals surface area contributed by atoms with Gasteiger partial charge in [0.1, 0.15) is 0 Å². The summed E-state index contributed by atoms with van der Waals surface area (Å²) in [5.74, 6) is 0.457. The number of hydrogen-bond donors (Lipinski definition) is 1.